The van der Waals surface area contributed by atoms with Gasteiger partial charge in [-0.15, -0.1) is 0 Å². The van der Waals surface area contributed by atoms with E-state index in [0.29, 0.717) is 6.42 Å². The molecule has 1 heterocycles. The fourth-order valence-corrected chi connectivity index (χ4v) is 3.45. The minimum Gasteiger partial charge on any atom is -0.350 e. The lowest BCUT2D eigenvalue weighted by Crippen LogP contribution is -2.27. The quantitative estimate of drug-likeness (QED) is 0.754. The zero-order valence-electron chi connectivity index (χ0n) is 9.51. The van der Waals surface area contributed by atoms with Crippen molar-refractivity contribution in [1.82, 2.24) is 0 Å². The van der Waals surface area contributed by atoms with Crippen molar-refractivity contribution in [3.8, 4) is 0 Å². The van der Waals surface area contributed by atoms with Crippen LogP contribution in [0.25, 0.3) is 0 Å². The molecule has 1 fully saturated rings. The summed E-state index contributed by atoms with van der Waals surface area (Å²) >= 11 is 0. The number of ether oxygens (including phenoxy) is 1. The molecule has 0 N–H and O–H groups in total. The van der Waals surface area contributed by atoms with Gasteiger partial charge in [-0.3, -0.25) is 0 Å². The van der Waals surface area contributed by atoms with Crippen LogP contribution < -0.4 is 0 Å². The van der Waals surface area contributed by atoms with Gasteiger partial charge in [0.25, 0.3) is 0 Å². The number of hydrogen-bond acceptors (Lipinski definition) is 3. The highest BCUT2D eigenvalue weighted by Gasteiger charge is 2.59. The van der Waals surface area contributed by atoms with Crippen LogP contribution in [0.2, 0.25) is 0 Å². The summed E-state index contributed by atoms with van der Waals surface area (Å²) in [6.45, 7) is 3.44. The van der Waals surface area contributed by atoms with Gasteiger partial charge >= 0.3 is 0 Å². The molecule has 2 atom stereocenters. The maximum atomic E-state index is 12.0. The van der Waals surface area contributed by atoms with Gasteiger partial charge in [0.2, 0.25) is 0 Å². The van der Waals surface area contributed by atoms with Crippen LogP contribution in [-0.2, 0) is 21.0 Å². The van der Waals surface area contributed by atoms with Crippen LogP contribution in [0.5, 0.6) is 0 Å². The topological polar surface area (TPSA) is 46.7 Å². The Labute approximate surface area is 96.4 Å². The van der Waals surface area contributed by atoms with Crippen LogP contribution in [-0.4, -0.2) is 25.2 Å². The maximum absolute atomic E-state index is 12.0. The van der Waals surface area contributed by atoms with E-state index in [-0.39, 0.29) is 11.9 Å². The van der Waals surface area contributed by atoms with Gasteiger partial charge in [-0.2, -0.15) is 0 Å². The molecule has 0 radical (unpaired) electrons. The summed E-state index contributed by atoms with van der Waals surface area (Å²) in [7, 11) is -3.16. The summed E-state index contributed by atoms with van der Waals surface area (Å²) < 4.78 is 29.1. The van der Waals surface area contributed by atoms with Crippen molar-refractivity contribution in [3.63, 3.8) is 0 Å². The summed E-state index contributed by atoms with van der Waals surface area (Å²) in [6, 6.07) is 9.63. The third-order valence-electron chi connectivity index (χ3n) is 3.21. The summed E-state index contributed by atoms with van der Waals surface area (Å²) in [5.41, 5.74) is 1.04. The van der Waals surface area contributed by atoms with E-state index in [4.69, 9.17) is 4.74 Å². The number of rotatable bonds is 4. The fraction of sp³-hybridized carbons (Fsp3) is 0.500. The van der Waals surface area contributed by atoms with Crippen LogP contribution >= 0.6 is 0 Å². The molecule has 1 aliphatic rings. The number of epoxide rings is 1. The molecule has 0 unspecified atom stereocenters. The highest BCUT2D eigenvalue weighted by Crippen LogP contribution is 2.41. The summed E-state index contributed by atoms with van der Waals surface area (Å²) in [4.78, 5) is -0.943. The Hall–Kier alpha value is -0.870. The van der Waals surface area contributed by atoms with Crippen LogP contribution in [0.3, 0.4) is 0 Å². The molecule has 16 heavy (non-hydrogen) atoms. The Morgan fingerprint density at radius 1 is 1.31 bits per heavy atom. The minimum atomic E-state index is -3.16. The van der Waals surface area contributed by atoms with E-state index in [0.717, 1.165) is 5.56 Å². The lowest BCUT2D eigenvalue weighted by molar-refractivity contribution is 0.361. The average Bonchev–Trinajstić information content (AvgIpc) is 2.88. The van der Waals surface area contributed by atoms with E-state index in [1.165, 1.54) is 0 Å². The van der Waals surface area contributed by atoms with Gasteiger partial charge in [-0.1, -0.05) is 30.3 Å². The third-order valence-corrected chi connectivity index (χ3v) is 5.62. The Balaban J connectivity index is 2.02. The molecule has 1 aliphatic heterocycles. The second kappa shape index (κ2) is 3.86. The zero-order chi connectivity index (χ0) is 11.8. The van der Waals surface area contributed by atoms with E-state index in [2.05, 4.69) is 0 Å². The first-order valence-electron chi connectivity index (χ1n) is 5.40. The van der Waals surface area contributed by atoms with E-state index in [9.17, 15) is 8.42 Å². The van der Waals surface area contributed by atoms with Crippen molar-refractivity contribution in [1.29, 1.82) is 0 Å². The van der Waals surface area contributed by atoms with Gasteiger partial charge in [0.15, 0.2) is 14.8 Å². The van der Waals surface area contributed by atoms with E-state index >= 15 is 0 Å². The monoisotopic (exact) mass is 240 g/mol. The Kier molecular flexibility index (Phi) is 2.80. The molecule has 1 aromatic rings. The molecule has 0 amide bonds. The van der Waals surface area contributed by atoms with Crippen LogP contribution in [0.4, 0.5) is 0 Å². The van der Waals surface area contributed by atoms with Crippen molar-refractivity contribution in [3.05, 3.63) is 35.9 Å². The first-order chi connectivity index (χ1) is 7.46. The van der Waals surface area contributed by atoms with Crippen molar-refractivity contribution in [2.45, 2.75) is 31.3 Å². The first kappa shape index (κ1) is 11.6. The molecule has 0 aliphatic carbocycles. The molecule has 1 saturated heterocycles. The largest absolute Gasteiger partial charge is 0.350 e. The molecule has 4 heteroatoms. The molecule has 0 saturated carbocycles. The predicted molar refractivity (Wildman–Crippen MR) is 62.9 cm³/mol. The van der Waals surface area contributed by atoms with Gasteiger partial charge < -0.3 is 4.74 Å². The molecule has 0 spiro atoms. The van der Waals surface area contributed by atoms with Gasteiger partial charge in [-0.05, 0) is 25.8 Å². The third kappa shape index (κ3) is 1.99. The van der Waals surface area contributed by atoms with Crippen molar-refractivity contribution in [2.24, 2.45) is 0 Å². The van der Waals surface area contributed by atoms with Crippen LogP contribution in [0.1, 0.15) is 19.4 Å². The normalized spacial score (nSPS) is 29.0. The van der Waals surface area contributed by atoms with Crippen molar-refractivity contribution < 1.29 is 13.2 Å². The number of aryl methyl sites for hydroxylation is 1. The highest BCUT2D eigenvalue weighted by molar-refractivity contribution is 7.92. The molecular weight excluding hydrogens is 224 g/mol. The molecule has 3 nitrogen and oxygen atoms in total. The van der Waals surface area contributed by atoms with Crippen molar-refractivity contribution in [2.75, 3.05) is 5.75 Å². The second-order valence-corrected chi connectivity index (χ2v) is 6.78. The molecule has 88 valence electrons. The van der Waals surface area contributed by atoms with Crippen LogP contribution in [0.15, 0.2) is 30.3 Å². The smallest absolute Gasteiger partial charge is 0.192 e. The van der Waals surface area contributed by atoms with Crippen molar-refractivity contribution >= 4 is 9.84 Å². The molecule has 0 bridgehead atoms. The maximum Gasteiger partial charge on any atom is 0.192 e. The summed E-state index contributed by atoms with van der Waals surface area (Å²) in [6.07, 6.45) is 0.378. The first-order valence-corrected chi connectivity index (χ1v) is 7.05. The van der Waals surface area contributed by atoms with E-state index in [1.54, 1.807) is 13.8 Å². The predicted octanol–water partition coefficient (Wildman–Crippen LogP) is 1.78. The second-order valence-electron chi connectivity index (χ2n) is 4.33. The van der Waals surface area contributed by atoms with E-state index in [1.807, 2.05) is 30.3 Å². The molecular formula is C12H16O3S. The van der Waals surface area contributed by atoms with Crippen LogP contribution in [0, 0.1) is 0 Å². The molecule has 1 aromatic carbocycles. The number of benzene rings is 1. The standard InChI is InChI=1S/C12H16O3S/c1-10-12(2,15-10)16(13,14)9-8-11-6-4-3-5-7-11/h3-7,10H,8-9H2,1-2H3/t10-,12-/m1/s1. The number of hydrogen-bond donors (Lipinski definition) is 0. The average molecular weight is 240 g/mol. The Morgan fingerprint density at radius 2 is 1.88 bits per heavy atom. The number of sulfone groups is 1. The summed E-state index contributed by atoms with van der Waals surface area (Å²) in [5.74, 6) is 0.151. The fourth-order valence-electron chi connectivity index (χ4n) is 1.74. The van der Waals surface area contributed by atoms with Gasteiger partial charge in [0.1, 0.15) is 6.10 Å². The van der Waals surface area contributed by atoms with Gasteiger partial charge in [0.05, 0.1) is 5.75 Å². The van der Waals surface area contributed by atoms with Gasteiger partial charge in [0, 0.05) is 0 Å². The van der Waals surface area contributed by atoms with Gasteiger partial charge in [-0.25, -0.2) is 8.42 Å². The minimum absolute atomic E-state index is 0.151. The molecule has 0 aromatic heterocycles. The Bertz CT molecular complexity index is 466. The highest BCUT2D eigenvalue weighted by atomic mass is 32.2. The lowest BCUT2D eigenvalue weighted by atomic mass is 10.2. The zero-order valence-corrected chi connectivity index (χ0v) is 10.3. The van der Waals surface area contributed by atoms with E-state index < -0.39 is 14.8 Å². The lowest BCUT2D eigenvalue weighted by Gasteiger charge is -2.08. The molecule has 2 rings (SSSR count). The summed E-state index contributed by atoms with van der Waals surface area (Å²) in [5, 5.41) is 0. The SMILES string of the molecule is C[C@H]1O[C@]1(C)S(=O)(=O)CCc1ccccc1. The Morgan fingerprint density at radius 3 is 2.38 bits per heavy atom.